The molecule has 8 heteroatoms. The molecule has 0 bridgehead atoms. The number of halogens is 1. The van der Waals surface area contributed by atoms with Crippen molar-refractivity contribution >= 4 is 47.1 Å². The van der Waals surface area contributed by atoms with Gasteiger partial charge >= 0.3 is 0 Å². The second-order valence-electron chi connectivity index (χ2n) is 5.47. The molecule has 0 aromatic heterocycles. The van der Waals surface area contributed by atoms with Crippen molar-refractivity contribution in [2.45, 2.75) is 19.4 Å². The summed E-state index contributed by atoms with van der Waals surface area (Å²) in [6.07, 6.45) is 2.66. The van der Waals surface area contributed by atoms with E-state index in [1.807, 2.05) is 25.1 Å². The normalized spacial score (nSPS) is 21.8. The number of para-hydroxylation sites is 1. The van der Waals surface area contributed by atoms with E-state index in [0.717, 1.165) is 48.3 Å². The van der Waals surface area contributed by atoms with Gasteiger partial charge in [0.05, 0.1) is 17.2 Å². The van der Waals surface area contributed by atoms with E-state index in [4.69, 9.17) is 10.5 Å². The molecule has 2 aliphatic heterocycles. The molecule has 1 atom stereocenters. The van der Waals surface area contributed by atoms with Gasteiger partial charge in [0, 0.05) is 24.7 Å². The number of ether oxygens (including phenoxy) is 1. The SMILES string of the molecule is CCOc1cccc(C=C2SC(=O)NC2=O)c1N1CC[C@H](N)C1.Cl. The number of amides is 2. The fourth-order valence-electron chi connectivity index (χ4n) is 2.82. The van der Waals surface area contributed by atoms with E-state index in [1.54, 1.807) is 6.08 Å². The third-order valence-electron chi connectivity index (χ3n) is 3.80. The monoisotopic (exact) mass is 369 g/mol. The predicted molar refractivity (Wildman–Crippen MR) is 98.8 cm³/mol. The zero-order chi connectivity index (χ0) is 16.4. The zero-order valence-electron chi connectivity index (χ0n) is 13.3. The van der Waals surface area contributed by atoms with Gasteiger partial charge in [-0.3, -0.25) is 14.9 Å². The van der Waals surface area contributed by atoms with Gasteiger partial charge in [0.25, 0.3) is 11.1 Å². The Kier molecular flexibility index (Phi) is 6.15. The maximum Gasteiger partial charge on any atom is 0.290 e. The average Bonchev–Trinajstić information content (AvgIpc) is 3.06. The van der Waals surface area contributed by atoms with Gasteiger partial charge in [-0.25, -0.2) is 0 Å². The summed E-state index contributed by atoms with van der Waals surface area (Å²) < 4.78 is 5.75. The van der Waals surface area contributed by atoms with Gasteiger partial charge in [0.2, 0.25) is 0 Å². The first-order valence-electron chi connectivity index (χ1n) is 7.59. The Morgan fingerprint density at radius 2 is 2.25 bits per heavy atom. The summed E-state index contributed by atoms with van der Waals surface area (Å²) in [5.74, 6) is 0.413. The first-order chi connectivity index (χ1) is 11.1. The molecule has 3 N–H and O–H groups in total. The van der Waals surface area contributed by atoms with E-state index < -0.39 is 0 Å². The number of nitrogens with one attached hydrogen (secondary N) is 1. The van der Waals surface area contributed by atoms with Crippen molar-refractivity contribution in [3.63, 3.8) is 0 Å². The summed E-state index contributed by atoms with van der Waals surface area (Å²) in [6, 6.07) is 5.86. The van der Waals surface area contributed by atoms with Crippen LogP contribution in [-0.4, -0.2) is 36.9 Å². The number of anilines is 1. The molecule has 0 unspecified atom stereocenters. The third-order valence-corrected chi connectivity index (χ3v) is 4.61. The highest BCUT2D eigenvalue weighted by Crippen LogP contribution is 2.37. The van der Waals surface area contributed by atoms with Crippen molar-refractivity contribution in [1.82, 2.24) is 5.32 Å². The van der Waals surface area contributed by atoms with Crippen molar-refractivity contribution in [2.75, 3.05) is 24.6 Å². The van der Waals surface area contributed by atoms with Gasteiger partial charge in [-0.15, -0.1) is 12.4 Å². The Morgan fingerprint density at radius 1 is 1.46 bits per heavy atom. The first kappa shape index (κ1) is 18.6. The van der Waals surface area contributed by atoms with E-state index in [2.05, 4.69) is 10.2 Å². The highest BCUT2D eigenvalue weighted by molar-refractivity contribution is 8.18. The highest BCUT2D eigenvalue weighted by atomic mass is 35.5. The second kappa shape index (κ2) is 7.92. The van der Waals surface area contributed by atoms with Crippen LogP contribution in [0.3, 0.4) is 0 Å². The van der Waals surface area contributed by atoms with E-state index in [1.165, 1.54) is 0 Å². The lowest BCUT2D eigenvalue weighted by Crippen LogP contribution is -2.27. The van der Waals surface area contributed by atoms with Gasteiger partial charge in [0.15, 0.2) is 0 Å². The summed E-state index contributed by atoms with van der Waals surface area (Å²) >= 11 is 0.917. The molecule has 2 saturated heterocycles. The number of rotatable bonds is 4. The number of nitrogens with zero attached hydrogens (tertiary/aromatic N) is 1. The fourth-order valence-corrected chi connectivity index (χ4v) is 3.49. The van der Waals surface area contributed by atoms with Gasteiger partial charge in [-0.1, -0.05) is 12.1 Å². The molecule has 0 saturated carbocycles. The van der Waals surface area contributed by atoms with Crippen LogP contribution in [0.5, 0.6) is 5.75 Å². The Labute approximate surface area is 151 Å². The van der Waals surface area contributed by atoms with Crippen LogP contribution in [0, 0.1) is 0 Å². The molecule has 2 aliphatic rings. The molecular weight excluding hydrogens is 350 g/mol. The molecule has 3 rings (SSSR count). The number of thioether (sulfide) groups is 1. The summed E-state index contributed by atoms with van der Waals surface area (Å²) in [6.45, 7) is 4.09. The van der Waals surface area contributed by atoms with Crippen molar-refractivity contribution in [3.8, 4) is 5.75 Å². The number of hydrogen-bond acceptors (Lipinski definition) is 6. The lowest BCUT2D eigenvalue weighted by atomic mass is 10.1. The summed E-state index contributed by atoms with van der Waals surface area (Å²) in [4.78, 5) is 25.7. The van der Waals surface area contributed by atoms with Gasteiger partial charge < -0.3 is 15.4 Å². The van der Waals surface area contributed by atoms with Crippen molar-refractivity contribution in [1.29, 1.82) is 0 Å². The lowest BCUT2D eigenvalue weighted by molar-refractivity contribution is -0.115. The quantitative estimate of drug-likeness (QED) is 0.792. The molecule has 2 amide bonds. The fraction of sp³-hybridized carbons (Fsp3) is 0.375. The molecule has 6 nitrogen and oxygen atoms in total. The molecular formula is C16H20ClN3O3S. The molecule has 2 heterocycles. The molecule has 24 heavy (non-hydrogen) atoms. The average molecular weight is 370 g/mol. The van der Waals surface area contributed by atoms with Crippen molar-refractivity contribution < 1.29 is 14.3 Å². The van der Waals surface area contributed by atoms with Crippen LogP contribution in [0.15, 0.2) is 23.1 Å². The smallest absolute Gasteiger partial charge is 0.290 e. The predicted octanol–water partition coefficient (Wildman–Crippen LogP) is 2.37. The second-order valence-corrected chi connectivity index (χ2v) is 6.49. The molecule has 130 valence electrons. The maximum atomic E-state index is 11.8. The van der Waals surface area contributed by atoms with Crippen LogP contribution in [0.2, 0.25) is 0 Å². The van der Waals surface area contributed by atoms with Crippen LogP contribution in [-0.2, 0) is 4.79 Å². The van der Waals surface area contributed by atoms with Crippen molar-refractivity contribution in [3.05, 3.63) is 28.7 Å². The molecule has 0 spiro atoms. The molecule has 0 radical (unpaired) electrons. The topological polar surface area (TPSA) is 84.7 Å². The highest BCUT2D eigenvalue weighted by Gasteiger charge is 2.28. The van der Waals surface area contributed by atoms with Gasteiger partial charge in [-0.05, 0) is 37.2 Å². The molecule has 1 aromatic carbocycles. The van der Waals surface area contributed by atoms with Crippen LogP contribution in [0.4, 0.5) is 10.5 Å². The Bertz CT molecular complexity index is 681. The Morgan fingerprint density at radius 3 is 2.83 bits per heavy atom. The van der Waals surface area contributed by atoms with Crippen LogP contribution < -0.4 is 20.7 Å². The summed E-state index contributed by atoms with van der Waals surface area (Å²) in [5, 5.41) is 1.93. The van der Waals surface area contributed by atoms with Crippen LogP contribution in [0.25, 0.3) is 6.08 Å². The van der Waals surface area contributed by atoms with Crippen LogP contribution >= 0.6 is 24.2 Å². The van der Waals surface area contributed by atoms with Crippen molar-refractivity contribution in [2.24, 2.45) is 5.73 Å². The zero-order valence-corrected chi connectivity index (χ0v) is 14.9. The summed E-state index contributed by atoms with van der Waals surface area (Å²) in [7, 11) is 0. The van der Waals surface area contributed by atoms with Crippen LogP contribution in [0.1, 0.15) is 18.9 Å². The molecule has 1 aromatic rings. The lowest BCUT2D eigenvalue weighted by Gasteiger charge is -2.24. The minimum Gasteiger partial charge on any atom is -0.492 e. The minimum absolute atomic E-state index is 0. The van der Waals surface area contributed by atoms with Gasteiger partial charge in [-0.2, -0.15) is 0 Å². The molecule has 0 aliphatic carbocycles. The third kappa shape index (κ3) is 3.85. The summed E-state index contributed by atoms with van der Waals surface area (Å²) in [5.41, 5.74) is 7.82. The number of nitrogens with two attached hydrogens (primary N) is 1. The Balaban J connectivity index is 0.00000208. The van der Waals surface area contributed by atoms with Gasteiger partial charge in [0.1, 0.15) is 5.75 Å². The standard InChI is InChI=1S/C16H19N3O3S.ClH/c1-2-22-12-5-3-4-10(8-13-15(20)18-16(21)23-13)14(12)19-7-6-11(17)9-19;/h3-5,8,11H,2,6-7,9,17H2,1H3,(H,18,20,21);1H/t11-;/m0./s1. The van der Waals surface area contributed by atoms with E-state index in [0.29, 0.717) is 11.5 Å². The number of benzene rings is 1. The first-order valence-corrected chi connectivity index (χ1v) is 8.41. The van der Waals surface area contributed by atoms with E-state index in [9.17, 15) is 9.59 Å². The van der Waals surface area contributed by atoms with E-state index in [-0.39, 0.29) is 29.6 Å². The largest absolute Gasteiger partial charge is 0.492 e. The number of carbonyl (C=O) groups excluding carboxylic acids is 2. The number of hydrogen-bond donors (Lipinski definition) is 2. The van der Waals surface area contributed by atoms with E-state index >= 15 is 0 Å². The number of imide groups is 1. The molecule has 2 fully saturated rings. The maximum absolute atomic E-state index is 11.8. The number of carbonyl (C=O) groups is 2. The Hall–Kier alpha value is -1.70. The minimum atomic E-state index is -0.356.